The number of amides is 1. The maximum absolute atomic E-state index is 13.0. The summed E-state index contributed by atoms with van der Waals surface area (Å²) in [5.41, 5.74) is 1.07. The lowest BCUT2D eigenvalue weighted by Gasteiger charge is -2.25. The van der Waals surface area contributed by atoms with Crippen molar-refractivity contribution in [3.63, 3.8) is 0 Å². The number of aliphatic hydroxyl groups is 1. The zero-order valence-corrected chi connectivity index (χ0v) is 17.5. The second kappa shape index (κ2) is 9.45. The van der Waals surface area contributed by atoms with Crippen molar-refractivity contribution < 1.29 is 24.2 Å². The molecule has 0 spiro atoms. The van der Waals surface area contributed by atoms with Crippen molar-refractivity contribution in [2.45, 2.75) is 6.04 Å². The van der Waals surface area contributed by atoms with Gasteiger partial charge in [0.15, 0.2) is 0 Å². The Kier molecular flexibility index (Phi) is 6.28. The Balaban J connectivity index is 1.79. The molecule has 0 aliphatic carbocycles. The number of carbonyl (C=O) groups is 2. The molecular weight excluding hydrogens is 408 g/mol. The minimum atomic E-state index is -0.780. The highest BCUT2D eigenvalue weighted by molar-refractivity contribution is 6.46. The first-order valence-corrected chi connectivity index (χ1v) is 10.1. The number of hydrogen-bond donors (Lipinski definition) is 1. The number of carbonyl (C=O) groups excluding carboxylic acids is 2. The third kappa shape index (κ3) is 4.24. The third-order valence-electron chi connectivity index (χ3n) is 5.18. The molecule has 0 radical (unpaired) electrons. The number of pyridine rings is 1. The van der Waals surface area contributed by atoms with Crippen LogP contribution in [0.3, 0.4) is 0 Å². The minimum Gasteiger partial charge on any atom is -0.507 e. The molecule has 0 saturated carbocycles. The summed E-state index contributed by atoms with van der Waals surface area (Å²) in [6.45, 7) is 0.446. The largest absolute Gasteiger partial charge is 0.507 e. The first-order valence-electron chi connectivity index (χ1n) is 10.1. The van der Waals surface area contributed by atoms with Crippen molar-refractivity contribution >= 4 is 17.4 Å². The number of Topliss-reactive ketones (excluding diaryl/α,β-unsaturated/α-hetero) is 1. The fourth-order valence-corrected chi connectivity index (χ4v) is 3.68. The second-order valence-corrected chi connectivity index (χ2v) is 7.21. The molecule has 2 heterocycles. The molecule has 1 N–H and O–H groups in total. The summed E-state index contributed by atoms with van der Waals surface area (Å²) >= 11 is 0. The van der Waals surface area contributed by atoms with Crippen LogP contribution >= 0.6 is 0 Å². The van der Waals surface area contributed by atoms with E-state index in [0.717, 1.165) is 0 Å². The number of aromatic nitrogens is 1. The highest BCUT2D eigenvalue weighted by Gasteiger charge is 2.46. The van der Waals surface area contributed by atoms with E-state index in [2.05, 4.69) is 4.98 Å². The number of hydrogen-bond acceptors (Lipinski definition) is 6. The first-order chi connectivity index (χ1) is 15.6. The van der Waals surface area contributed by atoms with Crippen LogP contribution in [0.2, 0.25) is 0 Å². The van der Waals surface area contributed by atoms with Gasteiger partial charge in [-0.25, -0.2) is 0 Å². The van der Waals surface area contributed by atoms with Crippen molar-refractivity contribution in [1.82, 2.24) is 9.88 Å². The van der Waals surface area contributed by atoms with Crippen LogP contribution < -0.4 is 4.74 Å². The summed E-state index contributed by atoms with van der Waals surface area (Å²) in [6.07, 6.45) is 3.03. The van der Waals surface area contributed by atoms with E-state index in [1.807, 2.05) is 30.3 Å². The molecule has 7 nitrogen and oxygen atoms in total. The predicted octanol–water partition coefficient (Wildman–Crippen LogP) is 3.94. The molecule has 1 aliphatic rings. The maximum atomic E-state index is 13.0. The molecule has 3 aromatic rings. The quantitative estimate of drug-likeness (QED) is 0.347. The highest BCUT2D eigenvalue weighted by atomic mass is 16.5. The fraction of sp³-hybridized carbons (Fsp3) is 0.160. The van der Waals surface area contributed by atoms with Gasteiger partial charge in [-0.05, 0) is 42.0 Å². The number of para-hydroxylation sites is 1. The molecule has 1 atom stereocenters. The monoisotopic (exact) mass is 430 g/mol. The SMILES string of the molecule is COCCN1C(=O)C(=O)/C(=C(/O)c2ccncc2)C1c1cccc(Oc2ccccc2)c1. The van der Waals surface area contributed by atoms with Crippen molar-refractivity contribution in [2.24, 2.45) is 0 Å². The lowest BCUT2D eigenvalue weighted by molar-refractivity contribution is -0.140. The number of rotatable bonds is 7. The average molecular weight is 430 g/mol. The summed E-state index contributed by atoms with van der Waals surface area (Å²) < 4.78 is 11.1. The average Bonchev–Trinajstić information content (AvgIpc) is 3.08. The Morgan fingerprint density at radius 1 is 1.00 bits per heavy atom. The molecule has 1 amide bonds. The number of likely N-dealkylation sites (tertiary alicyclic amines) is 1. The van der Waals surface area contributed by atoms with Gasteiger partial charge in [-0.2, -0.15) is 0 Å². The van der Waals surface area contributed by atoms with E-state index < -0.39 is 17.7 Å². The van der Waals surface area contributed by atoms with Crippen LogP contribution in [0.4, 0.5) is 0 Å². The van der Waals surface area contributed by atoms with Gasteiger partial charge in [-0.1, -0.05) is 30.3 Å². The molecule has 0 bridgehead atoms. The van der Waals surface area contributed by atoms with Gasteiger partial charge < -0.3 is 19.5 Å². The van der Waals surface area contributed by atoms with Crippen molar-refractivity contribution in [3.8, 4) is 11.5 Å². The van der Waals surface area contributed by atoms with Gasteiger partial charge in [0, 0.05) is 31.6 Å². The van der Waals surface area contributed by atoms with E-state index in [1.54, 1.807) is 36.4 Å². The third-order valence-corrected chi connectivity index (χ3v) is 5.18. The van der Waals surface area contributed by atoms with Crippen LogP contribution in [0.1, 0.15) is 17.2 Å². The van der Waals surface area contributed by atoms with Crippen LogP contribution in [0.15, 0.2) is 84.7 Å². The standard InChI is InChI=1S/C25H22N2O5/c1-31-15-14-27-22(18-6-5-9-20(16-18)32-19-7-3-2-4-8-19)21(24(29)25(27)30)23(28)17-10-12-26-13-11-17/h2-13,16,22,28H,14-15H2,1H3/b23-21+. The van der Waals surface area contributed by atoms with Crippen LogP contribution in [-0.2, 0) is 14.3 Å². The molecule has 1 aromatic heterocycles. The van der Waals surface area contributed by atoms with E-state index in [0.29, 0.717) is 22.6 Å². The first kappa shape index (κ1) is 21.3. The summed E-state index contributed by atoms with van der Waals surface area (Å²) in [6, 6.07) is 18.8. The highest BCUT2D eigenvalue weighted by Crippen LogP contribution is 2.40. The predicted molar refractivity (Wildman–Crippen MR) is 118 cm³/mol. The molecule has 1 unspecified atom stereocenters. The topological polar surface area (TPSA) is 89.0 Å². The molecule has 4 rings (SSSR count). The molecule has 32 heavy (non-hydrogen) atoms. The van der Waals surface area contributed by atoms with Crippen LogP contribution in [0.25, 0.3) is 5.76 Å². The smallest absolute Gasteiger partial charge is 0.295 e. The van der Waals surface area contributed by atoms with E-state index in [1.165, 1.54) is 24.4 Å². The zero-order valence-electron chi connectivity index (χ0n) is 17.5. The van der Waals surface area contributed by atoms with Gasteiger partial charge in [-0.3, -0.25) is 14.6 Å². The van der Waals surface area contributed by atoms with E-state index in [9.17, 15) is 14.7 Å². The molecular formula is C25H22N2O5. The number of methoxy groups -OCH3 is 1. The molecule has 1 aliphatic heterocycles. The number of ketones is 1. The van der Waals surface area contributed by atoms with Crippen molar-refractivity contribution in [2.75, 3.05) is 20.3 Å². The number of aliphatic hydroxyl groups excluding tert-OH is 1. The zero-order chi connectivity index (χ0) is 22.5. The van der Waals surface area contributed by atoms with Crippen LogP contribution in [0, 0.1) is 0 Å². The van der Waals surface area contributed by atoms with Gasteiger partial charge in [0.2, 0.25) is 0 Å². The summed E-state index contributed by atoms with van der Waals surface area (Å²) in [4.78, 5) is 31.2. The van der Waals surface area contributed by atoms with Crippen molar-refractivity contribution in [1.29, 1.82) is 0 Å². The van der Waals surface area contributed by atoms with Gasteiger partial charge in [0.25, 0.3) is 11.7 Å². The van der Waals surface area contributed by atoms with Gasteiger partial charge in [0.05, 0.1) is 18.2 Å². The molecule has 7 heteroatoms. The number of ether oxygens (including phenoxy) is 2. The normalized spacial score (nSPS) is 17.5. The van der Waals surface area contributed by atoms with E-state index in [4.69, 9.17) is 9.47 Å². The Morgan fingerprint density at radius 2 is 1.72 bits per heavy atom. The maximum Gasteiger partial charge on any atom is 0.295 e. The van der Waals surface area contributed by atoms with Gasteiger partial charge in [-0.15, -0.1) is 0 Å². The van der Waals surface area contributed by atoms with E-state index in [-0.39, 0.29) is 24.5 Å². The lowest BCUT2D eigenvalue weighted by Crippen LogP contribution is -2.32. The molecule has 2 aromatic carbocycles. The Labute approximate surface area is 185 Å². The molecule has 1 saturated heterocycles. The van der Waals surface area contributed by atoms with E-state index >= 15 is 0 Å². The lowest BCUT2D eigenvalue weighted by atomic mass is 9.95. The molecule has 162 valence electrons. The second-order valence-electron chi connectivity index (χ2n) is 7.21. The van der Waals surface area contributed by atoms with Crippen LogP contribution in [0.5, 0.6) is 11.5 Å². The molecule has 1 fully saturated rings. The van der Waals surface area contributed by atoms with Crippen LogP contribution in [-0.4, -0.2) is 46.9 Å². The Bertz CT molecular complexity index is 1150. The fourth-order valence-electron chi connectivity index (χ4n) is 3.68. The summed E-state index contributed by atoms with van der Waals surface area (Å²) in [5.74, 6) is -0.457. The summed E-state index contributed by atoms with van der Waals surface area (Å²) in [7, 11) is 1.52. The number of nitrogens with zero attached hydrogens (tertiary/aromatic N) is 2. The van der Waals surface area contributed by atoms with Gasteiger partial charge in [0.1, 0.15) is 17.3 Å². The Hall–Kier alpha value is -3.97. The Morgan fingerprint density at radius 3 is 2.44 bits per heavy atom. The summed E-state index contributed by atoms with van der Waals surface area (Å²) in [5, 5.41) is 11.0. The van der Waals surface area contributed by atoms with Gasteiger partial charge >= 0.3 is 0 Å². The minimum absolute atomic E-state index is 0.0224. The number of benzene rings is 2. The van der Waals surface area contributed by atoms with Crippen molar-refractivity contribution in [3.05, 3.63) is 95.8 Å².